The van der Waals surface area contributed by atoms with E-state index in [2.05, 4.69) is 31.1 Å². The van der Waals surface area contributed by atoms with Crippen LogP contribution in [0, 0.1) is 0 Å². The highest BCUT2D eigenvalue weighted by molar-refractivity contribution is 6.16. The van der Waals surface area contributed by atoms with Crippen molar-refractivity contribution in [1.29, 1.82) is 0 Å². The summed E-state index contributed by atoms with van der Waals surface area (Å²) in [6.45, 7) is 6.47. The van der Waals surface area contributed by atoms with Gasteiger partial charge in [0.25, 0.3) is 0 Å². The number of nitrogens with zero attached hydrogens (tertiary/aromatic N) is 3. The minimum absolute atomic E-state index is 0.418. The summed E-state index contributed by atoms with van der Waals surface area (Å²) < 4.78 is 2.02. The first-order chi connectivity index (χ1) is 6.74. The maximum absolute atomic E-state index is 5.81. The molecular formula is C10H18ClN3. The zero-order valence-corrected chi connectivity index (χ0v) is 9.88. The predicted octanol–water partition coefficient (Wildman–Crippen LogP) is 2.94. The van der Waals surface area contributed by atoms with Gasteiger partial charge in [0.2, 0.25) is 0 Å². The van der Waals surface area contributed by atoms with E-state index in [1.54, 1.807) is 0 Å². The zero-order valence-electron chi connectivity index (χ0n) is 9.13. The maximum atomic E-state index is 5.81. The predicted molar refractivity (Wildman–Crippen MR) is 58.6 cm³/mol. The highest BCUT2D eigenvalue weighted by Gasteiger charge is 2.14. The van der Waals surface area contributed by atoms with Crippen molar-refractivity contribution >= 4 is 11.6 Å². The Labute approximate surface area is 90.4 Å². The van der Waals surface area contributed by atoms with E-state index < -0.39 is 0 Å². The van der Waals surface area contributed by atoms with E-state index in [1.165, 1.54) is 5.69 Å². The Morgan fingerprint density at radius 3 is 2.64 bits per heavy atom. The smallest absolute Gasteiger partial charge is 0.101 e. The molecule has 0 spiro atoms. The van der Waals surface area contributed by atoms with Crippen LogP contribution in [0.15, 0.2) is 0 Å². The molecule has 0 saturated carbocycles. The summed E-state index contributed by atoms with van der Waals surface area (Å²) in [6, 6.07) is 0.418. The lowest BCUT2D eigenvalue weighted by Crippen LogP contribution is -2.10. The van der Waals surface area contributed by atoms with E-state index in [0.717, 1.165) is 25.0 Å². The van der Waals surface area contributed by atoms with Crippen LogP contribution < -0.4 is 0 Å². The van der Waals surface area contributed by atoms with Crippen LogP contribution in [-0.4, -0.2) is 15.0 Å². The highest BCUT2D eigenvalue weighted by Crippen LogP contribution is 2.17. The van der Waals surface area contributed by atoms with Gasteiger partial charge in [-0.1, -0.05) is 25.5 Å². The molecule has 0 aliphatic rings. The first kappa shape index (κ1) is 11.5. The molecule has 4 heteroatoms. The topological polar surface area (TPSA) is 30.7 Å². The Hall–Kier alpha value is -0.570. The summed E-state index contributed by atoms with van der Waals surface area (Å²) in [5, 5.41) is 8.26. The summed E-state index contributed by atoms with van der Waals surface area (Å²) in [7, 11) is 0. The van der Waals surface area contributed by atoms with Crippen LogP contribution in [0.1, 0.15) is 51.0 Å². The quantitative estimate of drug-likeness (QED) is 0.708. The molecular weight excluding hydrogens is 198 g/mol. The monoisotopic (exact) mass is 215 g/mol. The third-order valence-electron chi connectivity index (χ3n) is 2.49. The maximum Gasteiger partial charge on any atom is 0.101 e. The van der Waals surface area contributed by atoms with Gasteiger partial charge in [0, 0.05) is 0 Å². The molecule has 1 unspecified atom stereocenters. The average Bonchev–Trinajstić information content (AvgIpc) is 2.60. The van der Waals surface area contributed by atoms with Gasteiger partial charge >= 0.3 is 0 Å². The lowest BCUT2D eigenvalue weighted by atomic mass is 10.2. The second-order valence-electron chi connectivity index (χ2n) is 3.57. The molecule has 0 fully saturated rings. The molecule has 0 saturated heterocycles. The molecule has 1 heterocycles. The second-order valence-corrected chi connectivity index (χ2v) is 3.84. The third kappa shape index (κ3) is 2.27. The van der Waals surface area contributed by atoms with Crippen LogP contribution in [0.25, 0.3) is 0 Å². The Kier molecular flexibility index (Phi) is 4.39. The molecule has 1 aromatic heterocycles. The molecule has 0 N–H and O–H groups in total. The number of alkyl halides is 1. The Morgan fingerprint density at radius 2 is 2.14 bits per heavy atom. The minimum Gasteiger partial charge on any atom is -0.246 e. The van der Waals surface area contributed by atoms with Crippen LogP contribution >= 0.6 is 11.6 Å². The minimum atomic E-state index is 0.418. The van der Waals surface area contributed by atoms with Gasteiger partial charge in [0.05, 0.1) is 17.6 Å². The van der Waals surface area contributed by atoms with E-state index in [-0.39, 0.29) is 0 Å². The van der Waals surface area contributed by atoms with Gasteiger partial charge in [-0.2, -0.15) is 0 Å². The van der Waals surface area contributed by atoms with E-state index in [0.29, 0.717) is 11.9 Å². The molecule has 3 nitrogen and oxygen atoms in total. The lowest BCUT2D eigenvalue weighted by Gasteiger charge is -2.12. The molecule has 1 aromatic rings. The lowest BCUT2D eigenvalue weighted by molar-refractivity contribution is 0.447. The Bertz CT molecular complexity index is 283. The van der Waals surface area contributed by atoms with Crippen molar-refractivity contribution in [2.75, 3.05) is 0 Å². The molecule has 14 heavy (non-hydrogen) atoms. The molecule has 1 rings (SSSR count). The SMILES string of the molecule is CCCc1c(CCl)nnn1C(C)CC. The second kappa shape index (κ2) is 5.35. The van der Waals surface area contributed by atoms with Crippen molar-refractivity contribution in [3.05, 3.63) is 11.4 Å². The molecule has 0 radical (unpaired) electrons. The van der Waals surface area contributed by atoms with E-state index in [9.17, 15) is 0 Å². The van der Waals surface area contributed by atoms with Gasteiger partial charge in [-0.25, -0.2) is 4.68 Å². The summed E-state index contributed by atoms with van der Waals surface area (Å²) in [5.41, 5.74) is 2.14. The average molecular weight is 216 g/mol. The molecule has 0 bridgehead atoms. The van der Waals surface area contributed by atoms with Gasteiger partial charge in [-0.05, 0) is 19.8 Å². The summed E-state index contributed by atoms with van der Waals surface area (Å²) in [5.74, 6) is 0.464. The fraction of sp³-hybridized carbons (Fsp3) is 0.800. The summed E-state index contributed by atoms with van der Waals surface area (Å²) in [6.07, 6.45) is 3.19. The fourth-order valence-corrected chi connectivity index (χ4v) is 1.68. The van der Waals surface area contributed by atoms with Crippen molar-refractivity contribution < 1.29 is 0 Å². The van der Waals surface area contributed by atoms with Crippen molar-refractivity contribution in [1.82, 2.24) is 15.0 Å². The first-order valence-corrected chi connectivity index (χ1v) is 5.76. The van der Waals surface area contributed by atoms with Crippen molar-refractivity contribution in [3.8, 4) is 0 Å². The standard InChI is InChI=1S/C10H18ClN3/c1-4-6-10-9(7-11)12-13-14(10)8(3)5-2/h8H,4-7H2,1-3H3. The van der Waals surface area contributed by atoms with Crippen LogP contribution in [0.5, 0.6) is 0 Å². The first-order valence-electron chi connectivity index (χ1n) is 5.23. The zero-order chi connectivity index (χ0) is 10.6. The van der Waals surface area contributed by atoms with Crippen LogP contribution in [0.4, 0.5) is 0 Å². The fourth-order valence-electron chi connectivity index (χ4n) is 1.47. The molecule has 0 amide bonds. The van der Waals surface area contributed by atoms with Gasteiger partial charge in [0.15, 0.2) is 0 Å². The number of aromatic nitrogens is 3. The number of rotatable bonds is 5. The largest absolute Gasteiger partial charge is 0.246 e. The van der Waals surface area contributed by atoms with Crippen molar-refractivity contribution in [2.24, 2.45) is 0 Å². The molecule has 1 atom stereocenters. The molecule has 0 aliphatic heterocycles. The molecule has 0 aromatic carbocycles. The number of hydrogen-bond acceptors (Lipinski definition) is 2. The van der Waals surface area contributed by atoms with Crippen LogP contribution in [-0.2, 0) is 12.3 Å². The highest BCUT2D eigenvalue weighted by atomic mass is 35.5. The normalized spacial score (nSPS) is 13.1. The van der Waals surface area contributed by atoms with Gasteiger partial charge in [0.1, 0.15) is 5.69 Å². The number of halogens is 1. The van der Waals surface area contributed by atoms with Gasteiger partial charge in [-0.15, -0.1) is 16.7 Å². The Morgan fingerprint density at radius 1 is 1.43 bits per heavy atom. The Balaban J connectivity index is 2.97. The van der Waals surface area contributed by atoms with E-state index >= 15 is 0 Å². The van der Waals surface area contributed by atoms with Gasteiger partial charge < -0.3 is 0 Å². The molecule has 0 aliphatic carbocycles. The van der Waals surface area contributed by atoms with E-state index in [4.69, 9.17) is 11.6 Å². The summed E-state index contributed by atoms with van der Waals surface area (Å²) in [4.78, 5) is 0. The van der Waals surface area contributed by atoms with E-state index in [1.807, 2.05) is 4.68 Å². The van der Waals surface area contributed by atoms with Crippen LogP contribution in [0.2, 0.25) is 0 Å². The number of hydrogen-bond donors (Lipinski definition) is 0. The summed E-state index contributed by atoms with van der Waals surface area (Å²) >= 11 is 5.81. The van der Waals surface area contributed by atoms with Gasteiger partial charge in [-0.3, -0.25) is 0 Å². The van der Waals surface area contributed by atoms with Crippen molar-refractivity contribution in [2.45, 2.75) is 52.0 Å². The van der Waals surface area contributed by atoms with Crippen molar-refractivity contribution in [3.63, 3.8) is 0 Å². The van der Waals surface area contributed by atoms with Crippen LogP contribution in [0.3, 0.4) is 0 Å². The molecule has 80 valence electrons. The third-order valence-corrected chi connectivity index (χ3v) is 2.75.